The molecule has 0 bridgehead atoms. The molecule has 8 nitrogen and oxygen atoms in total. The molecule has 1 aromatic rings. The van der Waals surface area contributed by atoms with E-state index in [0.717, 1.165) is 0 Å². The predicted molar refractivity (Wildman–Crippen MR) is 72.7 cm³/mol. The van der Waals surface area contributed by atoms with Crippen molar-refractivity contribution in [2.45, 2.75) is 6.92 Å². The number of hydrogen-bond acceptors (Lipinski definition) is 3. The van der Waals surface area contributed by atoms with Gasteiger partial charge >= 0.3 is 18.0 Å². The first-order valence-electron chi connectivity index (χ1n) is 5.82. The molecule has 4 amide bonds. The van der Waals surface area contributed by atoms with Crippen LogP contribution >= 0.6 is 0 Å². The number of rotatable bonds is 5. The number of amides is 4. The summed E-state index contributed by atoms with van der Waals surface area (Å²) in [7, 11) is 0. The molecule has 0 unspecified atom stereocenters. The van der Waals surface area contributed by atoms with Crippen LogP contribution in [0.1, 0.15) is 15.9 Å². The molecule has 108 valence electrons. The third-order valence-corrected chi connectivity index (χ3v) is 2.44. The van der Waals surface area contributed by atoms with E-state index in [1.807, 2.05) is 0 Å². The van der Waals surface area contributed by atoms with E-state index in [2.05, 4.69) is 16.0 Å². The van der Waals surface area contributed by atoms with E-state index in [1.165, 1.54) is 6.07 Å². The molecule has 20 heavy (non-hydrogen) atoms. The average Bonchev–Trinajstić information content (AvgIpc) is 2.36. The van der Waals surface area contributed by atoms with Gasteiger partial charge in [0.2, 0.25) is 0 Å². The number of anilines is 1. The number of benzene rings is 1. The fraction of sp³-hybridized carbons (Fsp3) is 0.250. The second-order valence-corrected chi connectivity index (χ2v) is 4.01. The highest BCUT2D eigenvalue weighted by Crippen LogP contribution is 2.15. The summed E-state index contributed by atoms with van der Waals surface area (Å²) in [4.78, 5) is 32.9. The molecule has 0 aliphatic rings. The number of carboxylic acid groups (broad SMARTS) is 1. The number of urea groups is 2. The summed E-state index contributed by atoms with van der Waals surface area (Å²) >= 11 is 0. The van der Waals surface area contributed by atoms with Crippen molar-refractivity contribution in [3.05, 3.63) is 29.3 Å². The highest BCUT2D eigenvalue weighted by molar-refractivity contribution is 5.94. The van der Waals surface area contributed by atoms with Crippen molar-refractivity contribution in [2.75, 3.05) is 18.4 Å². The lowest BCUT2D eigenvalue weighted by atomic mass is 10.1. The van der Waals surface area contributed by atoms with E-state index in [9.17, 15) is 14.4 Å². The van der Waals surface area contributed by atoms with Gasteiger partial charge < -0.3 is 26.8 Å². The third kappa shape index (κ3) is 4.84. The second kappa shape index (κ2) is 6.98. The summed E-state index contributed by atoms with van der Waals surface area (Å²) < 4.78 is 0. The minimum atomic E-state index is -1.06. The van der Waals surface area contributed by atoms with Gasteiger partial charge in [-0.2, -0.15) is 0 Å². The summed E-state index contributed by atoms with van der Waals surface area (Å²) in [6.07, 6.45) is 0. The molecule has 1 rings (SSSR count). The lowest BCUT2D eigenvalue weighted by molar-refractivity contribution is 0.0696. The SMILES string of the molecule is Cc1ccc(NC(=O)NCCNC(N)=O)cc1C(=O)O. The van der Waals surface area contributed by atoms with Gasteiger partial charge in [0.1, 0.15) is 0 Å². The second-order valence-electron chi connectivity index (χ2n) is 4.01. The fourth-order valence-electron chi connectivity index (χ4n) is 1.47. The van der Waals surface area contributed by atoms with Crippen LogP contribution in [0.15, 0.2) is 18.2 Å². The Hall–Kier alpha value is -2.77. The van der Waals surface area contributed by atoms with Crippen LogP contribution in [-0.4, -0.2) is 36.2 Å². The van der Waals surface area contributed by atoms with Crippen LogP contribution in [-0.2, 0) is 0 Å². The van der Waals surface area contributed by atoms with Gasteiger partial charge in [-0.05, 0) is 24.6 Å². The third-order valence-electron chi connectivity index (χ3n) is 2.44. The number of hydrogen-bond donors (Lipinski definition) is 5. The average molecular weight is 280 g/mol. The Morgan fingerprint density at radius 1 is 1.20 bits per heavy atom. The summed E-state index contributed by atoms with van der Waals surface area (Å²) in [5.41, 5.74) is 5.96. The van der Waals surface area contributed by atoms with Crippen LogP contribution in [0.5, 0.6) is 0 Å². The molecule has 0 saturated heterocycles. The zero-order chi connectivity index (χ0) is 15.1. The molecule has 0 aliphatic carbocycles. The minimum absolute atomic E-state index is 0.123. The van der Waals surface area contributed by atoms with Crippen LogP contribution < -0.4 is 21.7 Å². The summed E-state index contributed by atoms with van der Waals surface area (Å²) in [5, 5.41) is 16.3. The minimum Gasteiger partial charge on any atom is -0.478 e. The van der Waals surface area contributed by atoms with Gasteiger partial charge in [-0.25, -0.2) is 14.4 Å². The van der Waals surface area contributed by atoms with Crippen molar-refractivity contribution >= 4 is 23.7 Å². The number of nitrogens with two attached hydrogens (primary N) is 1. The number of nitrogens with one attached hydrogen (secondary N) is 3. The topological polar surface area (TPSA) is 134 Å². The maximum atomic E-state index is 11.5. The monoisotopic (exact) mass is 280 g/mol. The van der Waals surface area contributed by atoms with Gasteiger partial charge in [-0.3, -0.25) is 0 Å². The van der Waals surface area contributed by atoms with E-state index in [4.69, 9.17) is 10.8 Å². The van der Waals surface area contributed by atoms with Crippen molar-refractivity contribution in [1.29, 1.82) is 0 Å². The van der Waals surface area contributed by atoms with Gasteiger partial charge in [-0.1, -0.05) is 6.07 Å². The van der Waals surface area contributed by atoms with Gasteiger partial charge in [0.25, 0.3) is 0 Å². The Labute approximate surface area is 115 Å². The van der Waals surface area contributed by atoms with Gasteiger partial charge in [-0.15, -0.1) is 0 Å². The Balaban J connectivity index is 2.52. The molecule has 0 atom stereocenters. The number of carbonyl (C=O) groups is 3. The lowest BCUT2D eigenvalue weighted by Crippen LogP contribution is -2.38. The zero-order valence-corrected chi connectivity index (χ0v) is 10.9. The highest BCUT2D eigenvalue weighted by Gasteiger charge is 2.09. The van der Waals surface area contributed by atoms with Gasteiger partial charge in [0, 0.05) is 18.8 Å². The van der Waals surface area contributed by atoms with Crippen LogP contribution in [0, 0.1) is 6.92 Å². The molecule has 0 spiro atoms. The quantitative estimate of drug-likeness (QED) is 0.501. The van der Waals surface area contributed by atoms with Gasteiger partial charge in [0.15, 0.2) is 0 Å². The molecule has 0 aromatic heterocycles. The number of carbonyl (C=O) groups excluding carboxylic acids is 2. The number of carboxylic acids is 1. The molecule has 0 fully saturated rings. The first-order valence-corrected chi connectivity index (χ1v) is 5.82. The normalized spacial score (nSPS) is 9.65. The molecule has 8 heteroatoms. The number of primary amides is 1. The molecule has 0 heterocycles. The van der Waals surface area contributed by atoms with Crippen LogP contribution in [0.4, 0.5) is 15.3 Å². The van der Waals surface area contributed by atoms with Gasteiger partial charge in [0.05, 0.1) is 5.56 Å². The summed E-state index contributed by atoms with van der Waals surface area (Å²) in [6.45, 7) is 2.08. The number of aromatic carboxylic acids is 1. The van der Waals surface area contributed by atoms with Crippen molar-refractivity contribution < 1.29 is 19.5 Å². The van der Waals surface area contributed by atoms with Crippen LogP contribution in [0.3, 0.4) is 0 Å². The van der Waals surface area contributed by atoms with E-state index in [1.54, 1.807) is 19.1 Å². The maximum Gasteiger partial charge on any atom is 0.336 e. The Bertz CT molecular complexity index is 530. The predicted octanol–water partition coefficient (Wildman–Crippen LogP) is 0.483. The van der Waals surface area contributed by atoms with E-state index in [-0.39, 0.29) is 18.7 Å². The summed E-state index contributed by atoms with van der Waals surface area (Å²) in [6, 6.07) is 3.41. The molecular formula is C12H16N4O4. The smallest absolute Gasteiger partial charge is 0.336 e. The van der Waals surface area contributed by atoms with Crippen molar-refractivity contribution in [3.63, 3.8) is 0 Å². The molecule has 6 N–H and O–H groups in total. The van der Waals surface area contributed by atoms with Crippen molar-refractivity contribution in [1.82, 2.24) is 10.6 Å². The van der Waals surface area contributed by atoms with Crippen molar-refractivity contribution in [3.8, 4) is 0 Å². The van der Waals surface area contributed by atoms with E-state index in [0.29, 0.717) is 11.3 Å². The Morgan fingerprint density at radius 3 is 2.45 bits per heavy atom. The first-order chi connectivity index (χ1) is 9.40. The molecule has 0 aliphatic heterocycles. The number of aryl methyl sites for hydroxylation is 1. The standard InChI is InChI=1S/C12H16N4O4/c1-7-2-3-8(6-9(7)10(17)18)16-12(20)15-5-4-14-11(13)19/h2-3,6H,4-5H2,1H3,(H,17,18)(H3,13,14,19)(H2,15,16,20). The highest BCUT2D eigenvalue weighted by atomic mass is 16.4. The van der Waals surface area contributed by atoms with Crippen molar-refractivity contribution in [2.24, 2.45) is 5.73 Å². The lowest BCUT2D eigenvalue weighted by Gasteiger charge is -2.09. The van der Waals surface area contributed by atoms with Crippen LogP contribution in [0.25, 0.3) is 0 Å². The Morgan fingerprint density at radius 2 is 1.85 bits per heavy atom. The van der Waals surface area contributed by atoms with E-state index < -0.39 is 18.0 Å². The zero-order valence-electron chi connectivity index (χ0n) is 10.9. The van der Waals surface area contributed by atoms with Crippen LogP contribution in [0.2, 0.25) is 0 Å². The Kier molecular flexibility index (Phi) is 5.33. The molecule has 0 radical (unpaired) electrons. The first kappa shape index (κ1) is 15.3. The largest absolute Gasteiger partial charge is 0.478 e. The maximum absolute atomic E-state index is 11.5. The fourth-order valence-corrected chi connectivity index (χ4v) is 1.47. The molecule has 1 aromatic carbocycles. The van der Waals surface area contributed by atoms with E-state index >= 15 is 0 Å². The molecular weight excluding hydrogens is 264 g/mol. The molecule has 0 saturated carbocycles. The summed E-state index contributed by atoms with van der Waals surface area (Å²) in [5.74, 6) is -1.06.